The average molecular weight is 252 g/mol. The average Bonchev–Trinajstić information content (AvgIpc) is 2.59. The Morgan fingerprint density at radius 1 is 1.47 bits per heavy atom. The minimum Gasteiger partial charge on any atom is -0.391 e. The van der Waals surface area contributed by atoms with Gasteiger partial charge in [0.15, 0.2) is 0 Å². The third-order valence-electron chi connectivity index (χ3n) is 2.37. The number of hydrogen-bond donors (Lipinski definition) is 2. The third kappa shape index (κ3) is 2.78. The van der Waals surface area contributed by atoms with Gasteiger partial charge in [0.05, 0.1) is 18.3 Å². The lowest BCUT2D eigenvalue weighted by atomic mass is 10.1. The van der Waals surface area contributed by atoms with E-state index in [0.717, 1.165) is 11.3 Å². The van der Waals surface area contributed by atoms with E-state index in [4.69, 9.17) is 17.3 Å². The summed E-state index contributed by atoms with van der Waals surface area (Å²) in [5.41, 5.74) is 7.49. The number of nitrogen functional groups attached to an aromatic ring is 1. The quantitative estimate of drug-likeness (QED) is 0.879. The molecule has 0 radical (unpaired) electrons. The Kier molecular flexibility index (Phi) is 3.36. The van der Waals surface area contributed by atoms with Crippen LogP contribution >= 0.6 is 11.6 Å². The highest BCUT2D eigenvalue weighted by Gasteiger charge is 2.09. The van der Waals surface area contributed by atoms with Gasteiger partial charge in [-0.3, -0.25) is 0 Å². The fourth-order valence-corrected chi connectivity index (χ4v) is 1.81. The lowest BCUT2D eigenvalue weighted by Crippen LogP contribution is -2.14. The monoisotopic (exact) mass is 251 g/mol. The molecule has 0 aliphatic rings. The van der Waals surface area contributed by atoms with Gasteiger partial charge in [0.25, 0.3) is 0 Å². The van der Waals surface area contributed by atoms with Crippen LogP contribution in [-0.2, 0) is 6.54 Å². The molecule has 0 spiro atoms. The summed E-state index contributed by atoms with van der Waals surface area (Å²) in [7, 11) is 0. The summed E-state index contributed by atoms with van der Waals surface area (Å²) in [5, 5.41) is 14.3. The first-order chi connectivity index (χ1) is 8.06. The van der Waals surface area contributed by atoms with Crippen molar-refractivity contribution >= 4 is 17.4 Å². The molecule has 0 aliphatic heterocycles. The molecule has 1 atom stereocenters. The van der Waals surface area contributed by atoms with Crippen molar-refractivity contribution in [1.82, 2.24) is 9.78 Å². The standard InChI is InChI=1S/C12H14ClN3O/c1-8(17)7-16-12(14)6-11(15-16)9-3-2-4-10(13)5-9/h2-6,8,17H,7,14H2,1H3. The van der Waals surface area contributed by atoms with E-state index in [9.17, 15) is 5.11 Å². The van der Waals surface area contributed by atoms with Gasteiger partial charge in [-0.05, 0) is 19.1 Å². The Labute approximate surface area is 105 Å². The molecule has 0 bridgehead atoms. The van der Waals surface area contributed by atoms with Crippen LogP contribution in [0.4, 0.5) is 5.82 Å². The van der Waals surface area contributed by atoms with E-state index in [1.807, 2.05) is 18.2 Å². The fraction of sp³-hybridized carbons (Fsp3) is 0.250. The second-order valence-corrected chi connectivity index (χ2v) is 4.43. The van der Waals surface area contributed by atoms with Crippen molar-refractivity contribution in [2.75, 3.05) is 5.73 Å². The molecule has 1 unspecified atom stereocenters. The number of nitrogens with two attached hydrogens (primary N) is 1. The van der Waals surface area contributed by atoms with Crippen LogP contribution in [0.3, 0.4) is 0 Å². The Morgan fingerprint density at radius 3 is 2.88 bits per heavy atom. The molecule has 5 heteroatoms. The normalized spacial score (nSPS) is 12.6. The van der Waals surface area contributed by atoms with E-state index >= 15 is 0 Å². The zero-order valence-corrected chi connectivity index (χ0v) is 10.2. The van der Waals surface area contributed by atoms with Gasteiger partial charge in [-0.1, -0.05) is 23.7 Å². The first-order valence-corrected chi connectivity index (χ1v) is 5.71. The van der Waals surface area contributed by atoms with Gasteiger partial charge in [0.2, 0.25) is 0 Å². The first-order valence-electron chi connectivity index (χ1n) is 5.33. The van der Waals surface area contributed by atoms with E-state index in [1.165, 1.54) is 0 Å². The molecule has 1 heterocycles. The van der Waals surface area contributed by atoms with Gasteiger partial charge in [-0.15, -0.1) is 0 Å². The second kappa shape index (κ2) is 4.77. The fourth-order valence-electron chi connectivity index (χ4n) is 1.62. The van der Waals surface area contributed by atoms with Crippen molar-refractivity contribution < 1.29 is 5.11 Å². The molecule has 0 saturated carbocycles. The summed E-state index contributed by atoms with van der Waals surface area (Å²) in [6.45, 7) is 2.08. The molecule has 17 heavy (non-hydrogen) atoms. The molecule has 4 nitrogen and oxygen atoms in total. The molecular weight excluding hydrogens is 238 g/mol. The van der Waals surface area contributed by atoms with Gasteiger partial charge < -0.3 is 10.8 Å². The number of rotatable bonds is 3. The molecule has 3 N–H and O–H groups in total. The van der Waals surface area contributed by atoms with E-state index in [-0.39, 0.29) is 0 Å². The minimum absolute atomic E-state index is 0.381. The highest BCUT2D eigenvalue weighted by Crippen LogP contribution is 2.23. The second-order valence-electron chi connectivity index (χ2n) is 4.00. The molecule has 0 aliphatic carbocycles. The Morgan fingerprint density at radius 2 is 2.24 bits per heavy atom. The van der Waals surface area contributed by atoms with Crippen LogP contribution in [0, 0.1) is 0 Å². The Bertz CT molecular complexity index is 522. The number of halogens is 1. The largest absolute Gasteiger partial charge is 0.391 e. The molecule has 0 amide bonds. The van der Waals surface area contributed by atoms with E-state index in [1.54, 1.807) is 23.7 Å². The van der Waals surface area contributed by atoms with Gasteiger partial charge in [0, 0.05) is 16.7 Å². The maximum absolute atomic E-state index is 9.32. The topological polar surface area (TPSA) is 64.1 Å². The number of aliphatic hydroxyl groups excluding tert-OH is 1. The molecular formula is C12H14ClN3O. The zero-order valence-electron chi connectivity index (χ0n) is 9.47. The van der Waals surface area contributed by atoms with Crippen molar-refractivity contribution in [3.8, 4) is 11.3 Å². The summed E-state index contributed by atoms with van der Waals surface area (Å²) in [4.78, 5) is 0. The minimum atomic E-state index is -0.482. The molecule has 1 aromatic heterocycles. The number of nitrogens with zero attached hydrogens (tertiary/aromatic N) is 2. The third-order valence-corrected chi connectivity index (χ3v) is 2.60. The number of anilines is 1. The first kappa shape index (κ1) is 12.0. The summed E-state index contributed by atoms with van der Waals surface area (Å²) < 4.78 is 1.58. The van der Waals surface area contributed by atoms with Gasteiger partial charge in [0.1, 0.15) is 5.82 Å². The molecule has 90 valence electrons. The molecule has 0 saturated heterocycles. The van der Waals surface area contributed by atoms with E-state index in [2.05, 4.69) is 5.10 Å². The summed E-state index contributed by atoms with van der Waals surface area (Å²) in [6, 6.07) is 9.19. The molecule has 2 aromatic rings. The van der Waals surface area contributed by atoms with Crippen LogP contribution in [0.1, 0.15) is 6.92 Å². The van der Waals surface area contributed by atoms with Gasteiger partial charge in [-0.2, -0.15) is 5.10 Å². The highest BCUT2D eigenvalue weighted by molar-refractivity contribution is 6.30. The van der Waals surface area contributed by atoms with Gasteiger partial charge >= 0.3 is 0 Å². The van der Waals surface area contributed by atoms with Crippen LogP contribution in [0.2, 0.25) is 5.02 Å². The van der Waals surface area contributed by atoms with Crippen molar-refractivity contribution in [2.45, 2.75) is 19.6 Å². The van der Waals surface area contributed by atoms with Crippen molar-refractivity contribution in [1.29, 1.82) is 0 Å². The van der Waals surface area contributed by atoms with E-state index in [0.29, 0.717) is 17.4 Å². The van der Waals surface area contributed by atoms with Crippen molar-refractivity contribution in [2.24, 2.45) is 0 Å². The molecule has 1 aromatic carbocycles. The number of aromatic nitrogens is 2. The van der Waals surface area contributed by atoms with Crippen molar-refractivity contribution in [3.63, 3.8) is 0 Å². The molecule has 0 fully saturated rings. The van der Waals surface area contributed by atoms with Gasteiger partial charge in [-0.25, -0.2) is 4.68 Å². The highest BCUT2D eigenvalue weighted by atomic mass is 35.5. The summed E-state index contributed by atoms with van der Waals surface area (Å²) >= 11 is 5.92. The number of benzene rings is 1. The predicted octanol–water partition coefficient (Wildman–Crippen LogP) is 2.17. The van der Waals surface area contributed by atoms with Crippen molar-refractivity contribution in [3.05, 3.63) is 35.4 Å². The molecule has 2 rings (SSSR count). The Balaban J connectivity index is 2.34. The maximum Gasteiger partial charge on any atom is 0.122 e. The number of hydrogen-bond acceptors (Lipinski definition) is 3. The smallest absolute Gasteiger partial charge is 0.122 e. The van der Waals surface area contributed by atoms with Crippen LogP contribution in [0.5, 0.6) is 0 Å². The Hall–Kier alpha value is -1.52. The van der Waals surface area contributed by atoms with Crippen LogP contribution in [-0.4, -0.2) is 21.0 Å². The lowest BCUT2D eigenvalue weighted by Gasteiger charge is -2.05. The maximum atomic E-state index is 9.32. The lowest BCUT2D eigenvalue weighted by molar-refractivity contribution is 0.169. The van der Waals surface area contributed by atoms with Crippen LogP contribution in [0.15, 0.2) is 30.3 Å². The van der Waals surface area contributed by atoms with Crippen LogP contribution in [0.25, 0.3) is 11.3 Å². The van der Waals surface area contributed by atoms with Crippen LogP contribution < -0.4 is 5.73 Å². The van der Waals surface area contributed by atoms with E-state index < -0.39 is 6.10 Å². The summed E-state index contributed by atoms with van der Waals surface area (Å²) in [5.74, 6) is 0.529. The predicted molar refractivity (Wildman–Crippen MR) is 68.8 cm³/mol. The zero-order chi connectivity index (χ0) is 12.4. The SMILES string of the molecule is CC(O)Cn1nc(-c2cccc(Cl)c2)cc1N. The summed E-state index contributed by atoms with van der Waals surface area (Å²) in [6.07, 6.45) is -0.482. The number of aliphatic hydroxyl groups is 1.